The lowest BCUT2D eigenvalue weighted by atomic mass is 9.93. The van der Waals surface area contributed by atoms with Crippen molar-refractivity contribution < 1.29 is 14.3 Å². The predicted molar refractivity (Wildman–Crippen MR) is 80.9 cm³/mol. The minimum Gasteiger partial charge on any atom is -0.390 e. The SMILES string of the molecule is O=C(N1CCn2nc(CO)cc2C1)C1(c2ccccc2F)CC1. The first-order valence-electron chi connectivity index (χ1n) is 7.85. The van der Waals surface area contributed by atoms with E-state index in [2.05, 4.69) is 5.10 Å². The second-order valence-electron chi connectivity index (χ2n) is 6.30. The molecule has 5 nitrogen and oxygen atoms in total. The zero-order valence-electron chi connectivity index (χ0n) is 12.7. The van der Waals surface area contributed by atoms with Gasteiger partial charge in [-0.1, -0.05) is 18.2 Å². The highest BCUT2D eigenvalue weighted by Crippen LogP contribution is 2.50. The van der Waals surface area contributed by atoms with E-state index in [1.165, 1.54) is 6.07 Å². The van der Waals surface area contributed by atoms with Gasteiger partial charge in [0.05, 0.1) is 36.5 Å². The third-order valence-electron chi connectivity index (χ3n) is 4.85. The number of aliphatic hydroxyl groups excluding tert-OH is 1. The van der Waals surface area contributed by atoms with Crippen LogP contribution in [0.5, 0.6) is 0 Å². The Balaban J connectivity index is 1.59. The number of benzene rings is 1. The highest BCUT2D eigenvalue weighted by atomic mass is 19.1. The Bertz CT molecular complexity index is 767. The Morgan fingerprint density at radius 2 is 2.09 bits per heavy atom. The van der Waals surface area contributed by atoms with Crippen LogP contribution >= 0.6 is 0 Å². The Hall–Kier alpha value is -2.21. The number of fused-ring (bicyclic) bond motifs is 1. The van der Waals surface area contributed by atoms with Gasteiger partial charge in [0.2, 0.25) is 5.91 Å². The highest BCUT2D eigenvalue weighted by molar-refractivity contribution is 5.91. The summed E-state index contributed by atoms with van der Waals surface area (Å²) in [6.45, 7) is 1.53. The van der Waals surface area contributed by atoms with Gasteiger partial charge in [-0.2, -0.15) is 5.10 Å². The number of halogens is 1. The fourth-order valence-corrected chi connectivity index (χ4v) is 3.45. The minimum absolute atomic E-state index is 0.000554. The van der Waals surface area contributed by atoms with Crippen molar-refractivity contribution in [2.75, 3.05) is 6.54 Å². The maximum absolute atomic E-state index is 14.1. The number of rotatable bonds is 3. The van der Waals surface area contributed by atoms with Gasteiger partial charge in [0.25, 0.3) is 0 Å². The van der Waals surface area contributed by atoms with E-state index in [4.69, 9.17) is 0 Å². The summed E-state index contributed by atoms with van der Waals surface area (Å²) in [4.78, 5) is 14.8. The van der Waals surface area contributed by atoms with E-state index in [0.29, 0.717) is 43.7 Å². The molecule has 23 heavy (non-hydrogen) atoms. The molecule has 1 aliphatic carbocycles. The summed E-state index contributed by atoms with van der Waals surface area (Å²) in [5.74, 6) is -0.302. The molecule has 2 aliphatic rings. The lowest BCUT2D eigenvalue weighted by molar-refractivity contribution is -0.135. The second-order valence-corrected chi connectivity index (χ2v) is 6.30. The van der Waals surface area contributed by atoms with Crippen LogP contribution in [0, 0.1) is 5.82 Å². The van der Waals surface area contributed by atoms with Crippen LogP contribution in [-0.2, 0) is 29.9 Å². The summed E-state index contributed by atoms with van der Waals surface area (Å²) >= 11 is 0. The third kappa shape index (κ3) is 2.25. The van der Waals surface area contributed by atoms with E-state index >= 15 is 0 Å². The van der Waals surface area contributed by atoms with Crippen molar-refractivity contribution in [3.8, 4) is 0 Å². The van der Waals surface area contributed by atoms with Gasteiger partial charge in [-0.15, -0.1) is 0 Å². The summed E-state index contributed by atoms with van der Waals surface area (Å²) in [5.41, 5.74) is 1.36. The second kappa shape index (κ2) is 5.16. The van der Waals surface area contributed by atoms with Crippen LogP contribution in [-0.4, -0.2) is 32.2 Å². The molecular weight excluding hydrogens is 297 g/mol. The summed E-state index contributed by atoms with van der Waals surface area (Å²) in [6.07, 6.45) is 1.40. The van der Waals surface area contributed by atoms with Gasteiger partial charge < -0.3 is 10.0 Å². The number of aliphatic hydroxyl groups is 1. The molecule has 0 saturated heterocycles. The summed E-state index contributed by atoms with van der Waals surface area (Å²) < 4.78 is 16.0. The maximum Gasteiger partial charge on any atom is 0.233 e. The summed E-state index contributed by atoms with van der Waals surface area (Å²) in [5, 5.41) is 13.5. The molecule has 6 heteroatoms. The number of hydrogen-bond acceptors (Lipinski definition) is 3. The molecule has 0 bridgehead atoms. The standard InChI is InChI=1S/C17H18FN3O2/c18-15-4-2-1-3-14(15)17(5-6-17)16(23)20-7-8-21-13(10-20)9-12(11-22)19-21/h1-4,9,22H,5-8,10-11H2. The van der Waals surface area contributed by atoms with Crippen molar-refractivity contribution in [2.45, 2.75) is 38.0 Å². The predicted octanol–water partition coefficient (Wildman–Crippen LogP) is 1.59. The van der Waals surface area contributed by atoms with Gasteiger partial charge >= 0.3 is 0 Å². The lowest BCUT2D eigenvalue weighted by Gasteiger charge is -2.31. The molecule has 1 fully saturated rings. The van der Waals surface area contributed by atoms with Crippen LogP contribution in [0.3, 0.4) is 0 Å². The van der Waals surface area contributed by atoms with Gasteiger partial charge in [-0.3, -0.25) is 9.48 Å². The van der Waals surface area contributed by atoms with Gasteiger partial charge in [0, 0.05) is 12.1 Å². The average Bonchev–Trinajstić information content (AvgIpc) is 3.26. The van der Waals surface area contributed by atoms with Crippen LogP contribution in [0.2, 0.25) is 0 Å². The number of hydrogen-bond donors (Lipinski definition) is 1. The monoisotopic (exact) mass is 315 g/mol. The number of nitrogens with zero attached hydrogens (tertiary/aromatic N) is 3. The molecule has 0 spiro atoms. The molecule has 120 valence electrons. The van der Waals surface area contributed by atoms with Crippen LogP contribution in [0.25, 0.3) is 0 Å². The molecule has 4 rings (SSSR count). The summed E-state index contributed by atoms with van der Waals surface area (Å²) in [6, 6.07) is 8.39. The molecule has 2 aromatic rings. The molecule has 1 N–H and O–H groups in total. The van der Waals surface area contributed by atoms with E-state index in [0.717, 1.165) is 5.69 Å². The first-order chi connectivity index (χ1) is 11.1. The Morgan fingerprint density at radius 3 is 2.78 bits per heavy atom. The molecule has 1 aliphatic heterocycles. The Kier molecular flexibility index (Phi) is 3.23. The molecule has 2 heterocycles. The number of carbonyl (C=O) groups is 1. The van der Waals surface area contributed by atoms with Crippen molar-refractivity contribution in [1.82, 2.24) is 14.7 Å². The highest BCUT2D eigenvalue weighted by Gasteiger charge is 2.54. The van der Waals surface area contributed by atoms with Crippen molar-refractivity contribution in [3.63, 3.8) is 0 Å². The van der Waals surface area contributed by atoms with Crippen molar-refractivity contribution in [1.29, 1.82) is 0 Å². The fourth-order valence-electron chi connectivity index (χ4n) is 3.45. The normalized spacial score (nSPS) is 18.6. The third-order valence-corrected chi connectivity index (χ3v) is 4.85. The lowest BCUT2D eigenvalue weighted by Crippen LogP contribution is -2.44. The zero-order chi connectivity index (χ0) is 16.0. The molecule has 1 aromatic carbocycles. The summed E-state index contributed by atoms with van der Waals surface area (Å²) in [7, 11) is 0. The van der Waals surface area contributed by atoms with E-state index in [1.54, 1.807) is 23.1 Å². The van der Waals surface area contributed by atoms with Crippen molar-refractivity contribution in [2.24, 2.45) is 0 Å². The van der Waals surface area contributed by atoms with Gasteiger partial charge in [-0.05, 0) is 25.0 Å². The van der Waals surface area contributed by atoms with Crippen LogP contribution in [0.1, 0.15) is 29.8 Å². The molecule has 1 amide bonds. The van der Waals surface area contributed by atoms with E-state index in [-0.39, 0.29) is 18.3 Å². The molecule has 0 radical (unpaired) electrons. The first-order valence-corrected chi connectivity index (χ1v) is 7.85. The van der Waals surface area contributed by atoms with Crippen LogP contribution in [0.15, 0.2) is 30.3 Å². The minimum atomic E-state index is -0.687. The van der Waals surface area contributed by atoms with Crippen LogP contribution in [0.4, 0.5) is 4.39 Å². The van der Waals surface area contributed by atoms with Gasteiger partial charge in [-0.25, -0.2) is 4.39 Å². The van der Waals surface area contributed by atoms with E-state index < -0.39 is 5.41 Å². The Labute approximate surface area is 133 Å². The largest absolute Gasteiger partial charge is 0.390 e. The van der Waals surface area contributed by atoms with Gasteiger partial charge in [0.1, 0.15) is 5.82 Å². The Morgan fingerprint density at radius 1 is 1.30 bits per heavy atom. The quantitative estimate of drug-likeness (QED) is 0.936. The average molecular weight is 315 g/mol. The molecule has 1 aromatic heterocycles. The van der Waals surface area contributed by atoms with Crippen molar-refractivity contribution >= 4 is 5.91 Å². The van der Waals surface area contributed by atoms with Crippen molar-refractivity contribution in [3.05, 3.63) is 53.1 Å². The molecule has 1 saturated carbocycles. The first kappa shape index (κ1) is 14.4. The smallest absolute Gasteiger partial charge is 0.233 e. The van der Waals surface area contributed by atoms with Gasteiger partial charge in [0.15, 0.2) is 0 Å². The topological polar surface area (TPSA) is 58.4 Å². The molecule has 0 unspecified atom stereocenters. The number of aromatic nitrogens is 2. The molecule has 0 atom stereocenters. The van der Waals surface area contributed by atoms with E-state index in [9.17, 15) is 14.3 Å². The fraction of sp³-hybridized carbons (Fsp3) is 0.412. The zero-order valence-corrected chi connectivity index (χ0v) is 12.7. The van der Waals surface area contributed by atoms with Crippen LogP contribution < -0.4 is 0 Å². The van der Waals surface area contributed by atoms with E-state index in [1.807, 2.05) is 10.7 Å². The number of amides is 1. The maximum atomic E-state index is 14.1. The number of carbonyl (C=O) groups excluding carboxylic acids is 1. The molecular formula is C17H18FN3O2.